The molecule has 1 aliphatic rings. The van der Waals surface area contributed by atoms with Gasteiger partial charge in [-0.1, -0.05) is 0 Å². The van der Waals surface area contributed by atoms with Crippen LogP contribution in [0.15, 0.2) is 18.2 Å². The van der Waals surface area contributed by atoms with E-state index >= 15 is 0 Å². The van der Waals surface area contributed by atoms with Gasteiger partial charge in [0.25, 0.3) is 0 Å². The minimum Gasteiger partial charge on any atom is -0.497 e. The van der Waals surface area contributed by atoms with Gasteiger partial charge in [-0.2, -0.15) is 0 Å². The van der Waals surface area contributed by atoms with Crippen molar-refractivity contribution in [1.82, 2.24) is 0 Å². The van der Waals surface area contributed by atoms with Crippen LogP contribution in [0.5, 0.6) is 5.75 Å². The molecule has 4 N–H and O–H groups in total. The number of methoxy groups -OCH3 is 1. The van der Waals surface area contributed by atoms with E-state index in [1.807, 2.05) is 12.1 Å². The van der Waals surface area contributed by atoms with Crippen LogP contribution in [0.25, 0.3) is 0 Å². The first-order valence-corrected chi connectivity index (χ1v) is 5.59. The number of amides is 1. The number of hydrogen-bond acceptors (Lipinski definition) is 4. The minimum atomic E-state index is -0.236. The largest absolute Gasteiger partial charge is 0.497 e. The Balaban J connectivity index is 2.16. The number of rotatable bonds is 3. The standard InChI is InChI=1S/C12H17N3O2/c1-17-9-2-3-11(10(13)6-9)15-5-4-8(7-15)12(14)16/h2-3,6,8H,4-5,7,13H2,1H3,(H2,14,16). The van der Waals surface area contributed by atoms with Crippen molar-refractivity contribution in [1.29, 1.82) is 0 Å². The lowest BCUT2D eigenvalue weighted by atomic mass is 10.1. The first-order chi connectivity index (χ1) is 8.11. The lowest BCUT2D eigenvalue weighted by Crippen LogP contribution is -2.27. The Morgan fingerprint density at radius 2 is 2.29 bits per heavy atom. The van der Waals surface area contributed by atoms with Crippen LogP contribution in [0.2, 0.25) is 0 Å². The molecule has 5 heteroatoms. The highest BCUT2D eigenvalue weighted by atomic mass is 16.5. The zero-order chi connectivity index (χ0) is 12.4. The Morgan fingerprint density at radius 1 is 1.53 bits per heavy atom. The summed E-state index contributed by atoms with van der Waals surface area (Å²) in [6.45, 7) is 1.45. The fourth-order valence-corrected chi connectivity index (χ4v) is 2.16. The normalized spacial score (nSPS) is 19.4. The summed E-state index contributed by atoms with van der Waals surface area (Å²) in [6, 6.07) is 5.56. The zero-order valence-electron chi connectivity index (χ0n) is 9.85. The van der Waals surface area contributed by atoms with Crippen molar-refractivity contribution in [2.45, 2.75) is 6.42 Å². The molecule has 1 unspecified atom stereocenters. The lowest BCUT2D eigenvalue weighted by Gasteiger charge is -2.20. The monoisotopic (exact) mass is 235 g/mol. The van der Waals surface area contributed by atoms with Crippen LogP contribution in [0, 0.1) is 5.92 Å². The number of carbonyl (C=O) groups is 1. The van der Waals surface area contributed by atoms with Crippen molar-refractivity contribution in [3.63, 3.8) is 0 Å². The third-order valence-electron chi connectivity index (χ3n) is 3.17. The van der Waals surface area contributed by atoms with Crippen LogP contribution < -0.4 is 21.1 Å². The fraction of sp³-hybridized carbons (Fsp3) is 0.417. The van der Waals surface area contributed by atoms with Gasteiger partial charge >= 0.3 is 0 Å². The second kappa shape index (κ2) is 4.53. The molecule has 1 aromatic carbocycles. The third kappa shape index (κ3) is 2.27. The number of anilines is 2. The summed E-state index contributed by atoms with van der Waals surface area (Å²) < 4.78 is 5.10. The van der Waals surface area contributed by atoms with Crippen LogP contribution in [0.3, 0.4) is 0 Å². The maximum atomic E-state index is 11.1. The van der Waals surface area contributed by atoms with E-state index in [4.69, 9.17) is 16.2 Å². The molecule has 5 nitrogen and oxygen atoms in total. The third-order valence-corrected chi connectivity index (χ3v) is 3.17. The summed E-state index contributed by atoms with van der Waals surface area (Å²) in [6.07, 6.45) is 0.792. The highest BCUT2D eigenvalue weighted by Crippen LogP contribution is 2.31. The summed E-state index contributed by atoms with van der Waals surface area (Å²) in [5.41, 5.74) is 12.9. The molecule has 1 saturated heterocycles. The highest BCUT2D eigenvalue weighted by molar-refractivity contribution is 5.79. The molecule has 0 aromatic heterocycles. The Hall–Kier alpha value is -1.91. The van der Waals surface area contributed by atoms with Gasteiger partial charge in [0.05, 0.1) is 24.4 Å². The molecule has 92 valence electrons. The van der Waals surface area contributed by atoms with Crippen LogP contribution in [-0.2, 0) is 4.79 Å². The van der Waals surface area contributed by atoms with E-state index < -0.39 is 0 Å². The van der Waals surface area contributed by atoms with Crippen LogP contribution >= 0.6 is 0 Å². The van der Waals surface area contributed by atoms with Gasteiger partial charge in [0, 0.05) is 19.2 Å². The smallest absolute Gasteiger partial charge is 0.222 e. The average Bonchev–Trinajstić information content (AvgIpc) is 2.78. The predicted octanol–water partition coefficient (Wildman–Crippen LogP) is 0.589. The molecule has 0 saturated carbocycles. The summed E-state index contributed by atoms with van der Waals surface area (Å²) in [5.74, 6) is 0.424. The molecule has 1 heterocycles. The second-order valence-electron chi connectivity index (χ2n) is 4.26. The van der Waals surface area contributed by atoms with Gasteiger partial charge in [0.2, 0.25) is 5.91 Å². The van der Waals surface area contributed by atoms with E-state index in [0.29, 0.717) is 12.2 Å². The number of benzene rings is 1. The van der Waals surface area contributed by atoms with E-state index in [1.165, 1.54) is 0 Å². The number of nitrogens with two attached hydrogens (primary N) is 2. The highest BCUT2D eigenvalue weighted by Gasteiger charge is 2.27. The average molecular weight is 235 g/mol. The number of carbonyl (C=O) groups excluding carboxylic acids is 1. The molecule has 0 radical (unpaired) electrons. The van der Waals surface area contributed by atoms with E-state index in [0.717, 1.165) is 24.4 Å². The van der Waals surface area contributed by atoms with Gasteiger partial charge in [-0.15, -0.1) is 0 Å². The van der Waals surface area contributed by atoms with Crippen molar-refractivity contribution < 1.29 is 9.53 Å². The van der Waals surface area contributed by atoms with Gasteiger partial charge in [-0.3, -0.25) is 4.79 Å². The quantitative estimate of drug-likeness (QED) is 0.751. The molecule has 1 fully saturated rings. The van der Waals surface area contributed by atoms with Gasteiger partial charge < -0.3 is 21.1 Å². The Labute approximate surface area is 100 Å². The van der Waals surface area contributed by atoms with E-state index in [-0.39, 0.29) is 11.8 Å². The van der Waals surface area contributed by atoms with Gasteiger partial charge in [0.1, 0.15) is 5.75 Å². The number of ether oxygens (including phenoxy) is 1. The van der Waals surface area contributed by atoms with Crippen LogP contribution in [-0.4, -0.2) is 26.1 Å². The van der Waals surface area contributed by atoms with Gasteiger partial charge in [0.15, 0.2) is 0 Å². The summed E-state index contributed by atoms with van der Waals surface area (Å²) in [5, 5.41) is 0. The summed E-state index contributed by atoms with van der Waals surface area (Å²) in [7, 11) is 1.60. The zero-order valence-corrected chi connectivity index (χ0v) is 9.85. The molecule has 2 rings (SSSR count). The Kier molecular flexibility index (Phi) is 3.08. The molecular weight excluding hydrogens is 218 g/mol. The van der Waals surface area contributed by atoms with E-state index in [9.17, 15) is 4.79 Å². The fourth-order valence-electron chi connectivity index (χ4n) is 2.16. The first-order valence-electron chi connectivity index (χ1n) is 5.59. The van der Waals surface area contributed by atoms with Gasteiger partial charge in [-0.05, 0) is 18.6 Å². The molecule has 0 bridgehead atoms. The van der Waals surface area contributed by atoms with Crippen molar-refractivity contribution in [2.75, 3.05) is 30.8 Å². The molecule has 1 aliphatic heterocycles. The van der Waals surface area contributed by atoms with Gasteiger partial charge in [-0.25, -0.2) is 0 Å². The predicted molar refractivity (Wildman–Crippen MR) is 66.9 cm³/mol. The van der Waals surface area contributed by atoms with Crippen LogP contribution in [0.4, 0.5) is 11.4 Å². The maximum Gasteiger partial charge on any atom is 0.222 e. The molecule has 0 aliphatic carbocycles. The van der Waals surface area contributed by atoms with Crippen molar-refractivity contribution >= 4 is 17.3 Å². The SMILES string of the molecule is COc1ccc(N2CCC(C(N)=O)C2)c(N)c1. The number of nitrogens with zero attached hydrogens (tertiary/aromatic N) is 1. The van der Waals surface area contributed by atoms with Crippen molar-refractivity contribution in [3.8, 4) is 5.75 Å². The van der Waals surface area contributed by atoms with E-state index in [2.05, 4.69) is 4.90 Å². The first kappa shape index (κ1) is 11.6. The molecule has 1 atom stereocenters. The number of nitrogen functional groups attached to an aromatic ring is 1. The number of primary amides is 1. The molecule has 1 aromatic rings. The Bertz CT molecular complexity index is 434. The summed E-state index contributed by atoms with van der Waals surface area (Å²) >= 11 is 0. The van der Waals surface area contributed by atoms with Crippen molar-refractivity contribution in [2.24, 2.45) is 11.7 Å². The lowest BCUT2D eigenvalue weighted by molar-refractivity contribution is -0.121. The molecule has 17 heavy (non-hydrogen) atoms. The summed E-state index contributed by atoms with van der Waals surface area (Å²) in [4.78, 5) is 13.2. The molecular formula is C12H17N3O2. The Morgan fingerprint density at radius 3 is 2.82 bits per heavy atom. The second-order valence-corrected chi connectivity index (χ2v) is 4.26. The van der Waals surface area contributed by atoms with E-state index in [1.54, 1.807) is 13.2 Å². The maximum absolute atomic E-state index is 11.1. The topological polar surface area (TPSA) is 81.6 Å². The molecule has 1 amide bonds. The van der Waals surface area contributed by atoms with Crippen LogP contribution in [0.1, 0.15) is 6.42 Å². The minimum absolute atomic E-state index is 0.0727. The molecule has 0 spiro atoms. The van der Waals surface area contributed by atoms with Crippen molar-refractivity contribution in [3.05, 3.63) is 18.2 Å². The number of hydrogen-bond donors (Lipinski definition) is 2.